The van der Waals surface area contributed by atoms with Crippen molar-refractivity contribution in [2.45, 2.75) is 39.4 Å². The molecular formula is C14H22F3N3S. The van der Waals surface area contributed by atoms with Crippen LogP contribution >= 0.6 is 11.3 Å². The molecule has 0 radical (unpaired) electrons. The molecule has 1 N–H and O–H groups in total. The summed E-state index contributed by atoms with van der Waals surface area (Å²) in [6.07, 6.45) is -1.89. The second-order valence-corrected chi connectivity index (χ2v) is 7.03. The summed E-state index contributed by atoms with van der Waals surface area (Å²) < 4.78 is 37.9. The number of thiazole rings is 1. The number of aromatic nitrogens is 1. The highest BCUT2D eigenvalue weighted by Crippen LogP contribution is 2.36. The van der Waals surface area contributed by atoms with Crippen LogP contribution in [0.4, 0.5) is 18.3 Å². The second-order valence-electron chi connectivity index (χ2n) is 5.94. The lowest BCUT2D eigenvalue weighted by molar-refractivity contribution is -0.179. The van der Waals surface area contributed by atoms with E-state index in [0.29, 0.717) is 19.0 Å². The first-order valence-corrected chi connectivity index (χ1v) is 8.15. The van der Waals surface area contributed by atoms with Crippen LogP contribution in [-0.4, -0.2) is 30.8 Å². The minimum absolute atomic E-state index is 0.171. The molecule has 21 heavy (non-hydrogen) atoms. The van der Waals surface area contributed by atoms with Gasteiger partial charge in [0.2, 0.25) is 0 Å². The van der Waals surface area contributed by atoms with Crippen molar-refractivity contribution in [2.75, 3.05) is 24.5 Å². The Kier molecular flexibility index (Phi) is 5.48. The van der Waals surface area contributed by atoms with Crippen molar-refractivity contribution in [1.82, 2.24) is 10.3 Å². The molecule has 1 aliphatic heterocycles. The minimum Gasteiger partial charge on any atom is -0.348 e. The molecule has 7 heteroatoms. The molecule has 0 saturated carbocycles. The van der Waals surface area contributed by atoms with Gasteiger partial charge in [0.05, 0.1) is 5.92 Å². The summed E-state index contributed by atoms with van der Waals surface area (Å²) in [4.78, 5) is 7.45. The molecule has 120 valence electrons. The predicted molar refractivity (Wildman–Crippen MR) is 79.7 cm³/mol. The van der Waals surface area contributed by atoms with Crippen molar-refractivity contribution in [1.29, 1.82) is 0 Å². The Hall–Kier alpha value is -0.820. The molecule has 1 aliphatic rings. The molecule has 1 saturated heterocycles. The number of hydrogen-bond donors (Lipinski definition) is 1. The van der Waals surface area contributed by atoms with Gasteiger partial charge in [-0.25, -0.2) is 4.98 Å². The molecular weight excluding hydrogens is 299 g/mol. The minimum atomic E-state index is -4.05. The van der Waals surface area contributed by atoms with Crippen molar-refractivity contribution >= 4 is 16.5 Å². The van der Waals surface area contributed by atoms with Crippen LogP contribution in [0.2, 0.25) is 0 Å². The lowest BCUT2D eigenvalue weighted by Crippen LogP contribution is -2.38. The third kappa shape index (κ3) is 4.85. The van der Waals surface area contributed by atoms with Crippen molar-refractivity contribution in [3.05, 3.63) is 11.1 Å². The predicted octanol–water partition coefficient (Wildman–Crippen LogP) is 3.67. The third-order valence-electron chi connectivity index (χ3n) is 3.62. The summed E-state index contributed by atoms with van der Waals surface area (Å²) in [7, 11) is 0. The van der Waals surface area contributed by atoms with Gasteiger partial charge in [0.15, 0.2) is 5.13 Å². The van der Waals surface area contributed by atoms with Crippen LogP contribution in [0.5, 0.6) is 0 Å². The number of nitrogens with zero attached hydrogens (tertiary/aromatic N) is 2. The van der Waals surface area contributed by atoms with Gasteiger partial charge in [-0.15, -0.1) is 11.3 Å². The van der Waals surface area contributed by atoms with Crippen LogP contribution in [-0.2, 0) is 6.54 Å². The van der Waals surface area contributed by atoms with Gasteiger partial charge in [-0.05, 0) is 25.3 Å². The van der Waals surface area contributed by atoms with E-state index < -0.39 is 12.1 Å². The summed E-state index contributed by atoms with van der Waals surface area (Å²) >= 11 is 1.57. The zero-order valence-corrected chi connectivity index (χ0v) is 13.2. The number of piperidine rings is 1. The van der Waals surface area contributed by atoms with E-state index >= 15 is 0 Å². The molecule has 2 heterocycles. The fraction of sp³-hybridized carbons (Fsp3) is 0.786. The highest BCUT2D eigenvalue weighted by molar-refractivity contribution is 7.15. The number of rotatable bonds is 5. The molecule has 0 aliphatic carbocycles. The largest absolute Gasteiger partial charge is 0.391 e. The Morgan fingerprint density at radius 1 is 1.38 bits per heavy atom. The first kappa shape index (κ1) is 16.5. The van der Waals surface area contributed by atoms with E-state index in [2.05, 4.69) is 24.1 Å². The highest BCUT2D eigenvalue weighted by atomic mass is 32.1. The van der Waals surface area contributed by atoms with Gasteiger partial charge in [0.1, 0.15) is 0 Å². The smallest absolute Gasteiger partial charge is 0.348 e. The topological polar surface area (TPSA) is 28.2 Å². The average Bonchev–Trinajstić information content (AvgIpc) is 2.86. The van der Waals surface area contributed by atoms with E-state index in [0.717, 1.165) is 23.1 Å². The fourth-order valence-electron chi connectivity index (χ4n) is 2.41. The van der Waals surface area contributed by atoms with E-state index in [1.54, 1.807) is 11.3 Å². The first-order valence-electron chi connectivity index (χ1n) is 7.33. The van der Waals surface area contributed by atoms with Gasteiger partial charge < -0.3 is 10.2 Å². The monoisotopic (exact) mass is 321 g/mol. The van der Waals surface area contributed by atoms with Crippen molar-refractivity contribution in [3.8, 4) is 0 Å². The highest BCUT2D eigenvalue weighted by Gasteiger charge is 2.41. The van der Waals surface area contributed by atoms with Crippen LogP contribution in [0.3, 0.4) is 0 Å². The van der Waals surface area contributed by atoms with Crippen LogP contribution in [0.25, 0.3) is 0 Å². The maximum absolute atomic E-state index is 12.6. The average molecular weight is 321 g/mol. The van der Waals surface area contributed by atoms with Crippen LogP contribution in [0.15, 0.2) is 6.20 Å². The number of anilines is 1. The van der Waals surface area contributed by atoms with E-state index in [1.165, 1.54) is 0 Å². The Labute approximate surface area is 127 Å². The molecule has 3 nitrogen and oxygen atoms in total. The maximum Gasteiger partial charge on any atom is 0.391 e. The van der Waals surface area contributed by atoms with Gasteiger partial charge in [-0.1, -0.05) is 13.8 Å². The Balaban J connectivity index is 1.83. The van der Waals surface area contributed by atoms with E-state index in [1.807, 2.05) is 11.1 Å². The van der Waals surface area contributed by atoms with Crippen molar-refractivity contribution in [3.63, 3.8) is 0 Å². The zero-order chi connectivity index (χ0) is 15.5. The molecule has 0 amide bonds. The number of nitrogens with one attached hydrogen (secondary N) is 1. The second kappa shape index (κ2) is 6.96. The van der Waals surface area contributed by atoms with Gasteiger partial charge in [-0.2, -0.15) is 13.2 Å². The molecule has 0 bridgehead atoms. The Morgan fingerprint density at radius 2 is 2.05 bits per heavy atom. The van der Waals surface area contributed by atoms with Crippen LogP contribution in [0, 0.1) is 11.8 Å². The maximum atomic E-state index is 12.6. The summed E-state index contributed by atoms with van der Waals surface area (Å²) in [6.45, 7) is 6.90. The summed E-state index contributed by atoms with van der Waals surface area (Å²) in [5.74, 6) is -0.556. The molecule has 0 unspecified atom stereocenters. The van der Waals surface area contributed by atoms with Gasteiger partial charge >= 0.3 is 6.18 Å². The summed E-state index contributed by atoms with van der Waals surface area (Å²) in [5.41, 5.74) is 0. The van der Waals surface area contributed by atoms with Crippen molar-refractivity contribution in [2.24, 2.45) is 11.8 Å². The van der Waals surface area contributed by atoms with Crippen LogP contribution < -0.4 is 10.2 Å². The SMILES string of the molecule is CC(C)CNCc1cnc(N2CCC(C(F)(F)F)CC2)s1. The van der Waals surface area contributed by atoms with Gasteiger partial charge in [0, 0.05) is 30.7 Å². The lowest BCUT2D eigenvalue weighted by atomic mass is 9.97. The van der Waals surface area contributed by atoms with Gasteiger partial charge in [-0.3, -0.25) is 0 Å². The molecule has 1 aromatic heterocycles. The first-order chi connectivity index (χ1) is 9.86. The molecule has 0 aromatic carbocycles. The van der Waals surface area contributed by atoms with E-state index in [9.17, 15) is 13.2 Å². The number of alkyl halides is 3. The molecule has 0 atom stereocenters. The Bertz CT molecular complexity index is 437. The zero-order valence-electron chi connectivity index (χ0n) is 12.4. The summed E-state index contributed by atoms with van der Waals surface area (Å²) in [6, 6.07) is 0. The molecule has 1 aromatic rings. The van der Waals surface area contributed by atoms with E-state index in [4.69, 9.17) is 0 Å². The third-order valence-corrected chi connectivity index (χ3v) is 4.68. The standard InChI is InChI=1S/C14H22F3N3S/c1-10(2)7-18-8-12-9-19-13(21-12)20-5-3-11(4-6-20)14(15,16)17/h9-11,18H,3-8H2,1-2H3. The molecule has 0 spiro atoms. The fourth-order valence-corrected chi connectivity index (χ4v) is 3.34. The Morgan fingerprint density at radius 3 is 2.62 bits per heavy atom. The van der Waals surface area contributed by atoms with Crippen molar-refractivity contribution < 1.29 is 13.2 Å². The van der Waals surface area contributed by atoms with E-state index in [-0.39, 0.29) is 12.8 Å². The molecule has 2 rings (SSSR count). The lowest BCUT2D eigenvalue weighted by Gasteiger charge is -2.32. The molecule has 1 fully saturated rings. The normalized spacial score (nSPS) is 17.7. The quantitative estimate of drug-likeness (QED) is 0.897. The number of halogens is 3. The van der Waals surface area contributed by atoms with Gasteiger partial charge in [0.25, 0.3) is 0 Å². The number of hydrogen-bond acceptors (Lipinski definition) is 4. The van der Waals surface area contributed by atoms with Crippen LogP contribution in [0.1, 0.15) is 31.6 Å². The summed E-state index contributed by atoms with van der Waals surface area (Å²) in [5, 5.41) is 4.19.